The smallest absolute Gasteiger partial charge is 0.265 e. The normalized spacial score (nSPS) is 10.5. The molecule has 0 saturated heterocycles. The van der Waals surface area contributed by atoms with E-state index in [0.717, 1.165) is 23.5 Å². The van der Waals surface area contributed by atoms with Crippen molar-refractivity contribution in [3.63, 3.8) is 0 Å². The van der Waals surface area contributed by atoms with E-state index in [1.807, 2.05) is 25.1 Å². The highest BCUT2D eigenvalue weighted by atomic mass is 32.1. The fourth-order valence-electron chi connectivity index (χ4n) is 2.35. The lowest BCUT2D eigenvalue weighted by atomic mass is 10.2. The van der Waals surface area contributed by atoms with Crippen LogP contribution in [0.3, 0.4) is 0 Å². The number of carbonyl (C=O) groups is 2. The van der Waals surface area contributed by atoms with Crippen LogP contribution < -0.4 is 5.32 Å². The van der Waals surface area contributed by atoms with Crippen molar-refractivity contribution < 1.29 is 9.59 Å². The number of hydrogen-bond acceptors (Lipinski definition) is 4. The molecule has 2 amide bonds. The van der Waals surface area contributed by atoms with Crippen LogP contribution in [0.2, 0.25) is 0 Å². The molecule has 0 saturated carbocycles. The first-order chi connectivity index (χ1) is 11.5. The zero-order chi connectivity index (χ0) is 17.5. The van der Waals surface area contributed by atoms with Crippen LogP contribution in [0, 0.1) is 6.92 Å². The Balaban J connectivity index is 1.95. The molecule has 0 fully saturated rings. The highest BCUT2D eigenvalue weighted by Gasteiger charge is 2.18. The Morgan fingerprint density at radius 1 is 1.25 bits per heavy atom. The van der Waals surface area contributed by atoms with E-state index < -0.39 is 0 Å². The Morgan fingerprint density at radius 2 is 1.96 bits per heavy atom. The summed E-state index contributed by atoms with van der Waals surface area (Å²) in [7, 11) is 1.78. The van der Waals surface area contributed by atoms with Crippen molar-refractivity contribution in [2.75, 3.05) is 20.1 Å². The molecule has 0 aliphatic rings. The molecule has 128 valence electrons. The predicted octanol–water partition coefficient (Wildman–Crippen LogP) is 2.64. The van der Waals surface area contributed by atoms with Gasteiger partial charge in [0.1, 0.15) is 4.88 Å². The van der Waals surface area contributed by atoms with Crippen molar-refractivity contribution >= 4 is 23.2 Å². The number of thiazole rings is 1. The van der Waals surface area contributed by atoms with E-state index in [-0.39, 0.29) is 11.8 Å². The van der Waals surface area contributed by atoms with Gasteiger partial charge in [0.15, 0.2) is 0 Å². The van der Waals surface area contributed by atoms with Crippen LogP contribution in [0.15, 0.2) is 30.3 Å². The lowest BCUT2D eigenvalue weighted by Crippen LogP contribution is -2.30. The molecule has 0 atom stereocenters. The van der Waals surface area contributed by atoms with E-state index in [1.54, 1.807) is 11.9 Å². The van der Waals surface area contributed by atoms with Crippen molar-refractivity contribution in [3.05, 3.63) is 51.5 Å². The minimum absolute atomic E-state index is 0.00728. The van der Waals surface area contributed by atoms with E-state index in [4.69, 9.17) is 0 Å². The van der Waals surface area contributed by atoms with Crippen LogP contribution in [0.25, 0.3) is 0 Å². The zero-order valence-corrected chi connectivity index (χ0v) is 15.2. The molecule has 5 nitrogen and oxygen atoms in total. The summed E-state index contributed by atoms with van der Waals surface area (Å²) in [4.78, 5) is 30.3. The molecular formula is C18H23N3O2S. The summed E-state index contributed by atoms with van der Waals surface area (Å²) < 4.78 is 0. The summed E-state index contributed by atoms with van der Waals surface area (Å²) >= 11 is 1.46. The number of rotatable bonds is 7. The maximum atomic E-state index is 12.6. The van der Waals surface area contributed by atoms with Gasteiger partial charge in [-0.05, 0) is 18.9 Å². The number of nitrogens with one attached hydrogen (secondary N) is 1. The fourth-order valence-corrected chi connectivity index (χ4v) is 3.45. The molecule has 1 aromatic carbocycles. The molecule has 0 unspecified atom stereocenters. The minimum Gasteiger partial charge on any atom is -0.356 e. The molecule has 0 aliphatic carbocycles. The highest BCUT2D eigenvalue weighted by molar-refractivity contribution is 7.13. The Bertz CT molecular complexity index is 698. The number of aromatic nitrogens is 1. The highest BCUT2D eigenvalue weighted by Crippen LogP contribution is 2.22. The van der Waals surface area contributed by atoms with Gasteiger partial charge in [-0.25, -0.2) is 4.98 Å². The first-order valence-corrected chi connectivity index (χ1v) is 8.79. The van der Waals surface area contributed by atoms with Crippen LogP contribution in [0.5, 0.6) is 0 Å². The number of nitrogens with zero attached hydrogens (tertiary/aromatic N) is 2. The van der Waals surface area contributed by atoms with Gasteiger partial charge in [0.05, 0.1) is 10.7 Å². The minimum atomic E-state index is -0.0483. The van der Waals surface area contributed by atoms with E-state index in [9.17, 15) is 9.59 Å². The third-order valence-corrected chi connectivity index (χ3v) is 4.77. The maximum absolute atomic E-state index is 12.6. The quantitative estimate of drug-likeness (QED) is 0.785. The van der Waals surface area contributed by atoms with E-state index in [0.29, 0.717) is 18.0 Å². The standard InChI is InChI=1S/C18H23N3O2S/c1-13-17(18(23)21(3)11-7-10-19-14(2)22)24-16(20-13)12-15-8-5-4-6-9-15/h4-6,8-9H,7,10-12H2,1-3H3,(H,19,22). The second-order valence-electron chi connectivity index (χ2n) is 5.75. The predicted molar refractivity (Wildman–Crippen MR) is 96.4 cm³/mol. The van der Waals surface area contributed by atoms with Crippen molar-refractivity contribution in [3.8, 4) is 0 Å². The summed E-state index contributed by atoms with van der Waals surface area (Å²) in [5.41, 5.74) is 1.97. The van der Waals surface area contributed by atoms with Crippen molar-refractivity contribution in [2.45, 2.75) is 26.7 Å². The summed E-state index contributed by atoms with van der Waals surface area (Å²) in [6.45, 7) is 4.55. The SMILES string of the molecule is CC(=O)NCCCN(C)C(=O)c1sc(Cc2ccccc2)nc1C. The molecule has 6 heteroatoms. The third-order valence-electron chi connectivity index (χ3n) is 3.62. The second-order valence-corrected chi connectivity index (χ2v) is 6.83. The summed E-state index contributed by atoms with van der Waals surface area (Å²) in [6.07, 6.45) is 1.47. The average molecular weight is 345 g/mol. The van der Waals surface area contributed by atoms with E-state index in [1.165, 1.54) is 23.8 Å². The molecule has 1 aromatic heterocycles. The fraction of sp³-hybridized carbons (Fsp3) is 0.389. The van der Waals surface area contributed by atoms with Crippen LogP contribution in [-0.4, -0.2) is 41.8 Å². The Labute approximate surface area is 146 Å². The zero-order valence-electron chi connectivity index (χ0n) is 14.3. The van der Waals surface area contributed by atoms with Gasteiger partial charge in [-0.2, -0.15) is 0 Å². The summed E-state index contributed by atoms with van der Waals surface area (Å²) in [5, 5.41) is 3.69. The van der Waals surface area contributed by atoms with Gasteiger partial charge < -0.3 is 10.2 Å². The van der Waals surface area contributed by atoms with Gasteiger partial charge in [0, 0.05) is 33.5 Å². The first-order valence-electron chi connectivity index (χ1n) is 7.97. The van der Waals surface area contributed by atoms with Crippen molar-refractivity contribution in [1.29, 1.82) is 0 Å². The second kappa shape index (κ2) is 8.59. The number of carbonyl (C=O) groups excluding carboxylic acids is 2. The van der Waals surface area contributed by atoms with Crippen LogP contribution in [-0.2, 0) is 11.2 Å². The van der Waals surface area contributed by atoms with Gasteiger partial charge >= 0.3 is 0 Å². The lowest BCUT2D eigenvalue weighted by Gasteiger charge is -2.16. The topological polar surface area (TPSA) is 62.3 Å². The molecule has 1 N–H and O–H groups in total. The number of benzene rings is 1. The van der Waals surface area contributed by atoms with Crippen molar-refractivity contribution in [2.24, 2.45) is 0 Å². The summed E-state index contributed by atoms with van der Waals surface area (Å²) in [5.74, 6) is -0.0556. The number of amides is 2. The Kier molecular flexibility index (Phi) is 6.49. The third kappa shape index (κ3) is 5.16. The molecular weight excluding hydrogens is 322 g/mol. The van der Waals surface area contributed by atoms with Gasteiger partial charge in [-0.3, -0.25) is 9.59 Å². The molecule has 0 bridgehead atoms. The first kappa shape index (κ1) is 18.1. The molecule has 0 spiro atoms. The van der Waals surface area contributed by atoms with Crippen LogP contribution in [0.4, 0.5) is 0 Å². The Morgan fingerprint density at radius 3 is 2.62 bits per heavy atom. The van der Waals surface area contributed by atoms with Gasteiger partial charge in [-0.15, -0.1) is 11.3 Å². The molecule has 0 radical (unpaired) electrons. The maximum Gasteiger partial charge on any atom is 0.265 e. The Hall–Kier alpha value is -2.21. The molecule has 0 aliphatic heterocycles. The van der Waals surface area contributed by atoms with Crippen LogP contribution >= 0.6 is 11.3 Å². The summed E-state index contributed by atoms with van der Waals surface area (Å²) in [6, 6.07) is 10.1. The largest absolute Gasteiger partial charge is 0.356 e. The number of hydrogen-bond donors (Lipinski definition) is 1. The molecule has 24 heavy (non-hydrogen) atoms. The van der Waals surface area contributed by atoms with Gasteiger partial charge in [-0.1, -0.05) is 30.3 Å². The van der Waals surface area contributed by atoms with E-state index in [2.05, 4.69) is 22.4 Å². The molecule has 1 heterocycles. The monoisotopic (exact) mass is 345 g/mol. The molecule has 2 rings (SSSR count). The van der Waals surface area contributed by atoms with Crippen LogP contribution in [0.1, 0.15) is 39.3 Å². The van der Waals surface area contributed by atoms with E-state index >= 15 is 0 Å². The molecule has 2 aromatic rings. The lowest BCUT2D eigenvalue weighted by molar-refractivity contribution is -0.118. The number of aryl methyl sites for hydroxylation is 1. The van der Waals surface area contributed by atoms with Gasteiger partial charge in [0.25, 0.3) is 5.91 Å². The van der Waals surface area contributed by atoms with Gasteiger partial charge in [0.2, 0.25) is 5.91 Å². The van der Waals surface area contributed by atoms with Crippen molar-refractivity contribution in [1.82, 2.24) is 15.2 Å². The average Bonchev–Trinajstić information content (AvgIpc) is 2.91.